The van der Waals surface area contributed by atoms with Gasteiger partial charge in [0.2, 0.25) is 0 Å². The molecule has 2 atom stereocenters. The highest BCUT2D eigenvalue weighted by atomic mass is 15.2. The van der Waals surface area contributed by atoms with Gasteiger partial charge in [-0.25, -0.2) is 0 Å². The number of likely N-dealkylation sites (tertiary alicyclic amines) is 2. The maximum Gasteiger partial charge on any atom is 0.0145 e. The Morgan fingerprint density at radius 2 is 1.86 bits per heavy atom. The molecule has 2 aliphatic rings. The Morgan fingerprint density at radius 3 is 2.50 bits per heavy atom. The van der Waals surface area contributed by atoms with Crippen LogP contribution >= 0.6 is 0 Å². The summed E-state index contributed by atoms with van der Waals surface area (Å²) in [5.74, 6) is 0.976. The third-order valence-corrected chi connectivity index (χ3v) is 3.64. The number of hydrogen-bond acceptors (Lipinski definition) is 2. The molecule has 2 fully saturated rings. The van der Waals surface area contributed by atoms with E-state index >= 15 is 0 Å². The van der Waals surface area contributed by atoms with Gasteiger partial charge < -0.3 is 9.80 Å². The van der Waals surface area contributed by atoms with Crippen molar-refractivity contribution >= 4 is 0 Å². The van der Waals surface area contributed by atoms with E-state index in [4.69, 9.17) is 0 Å². The molecule has 0 radical (unpaired) electrons. The van der Waals surface area contributed by atoms with E-state index in [0.29, 0.717) is 0 Å². The van der Waals surface area contributed by atoms with Gasteiger partial charge >= 0.3 is 0 Å². The van der Waals surface area contributed by atoms with Gasteiger partial charge in [-0.1, -0.05) is 20.8 Å². The van der Waals surface area contributed by atoms with Crippen LogP contribution < -0.4 is 0 Å². The highest BCUT2D eigenvalue weighted by Gasteiger charge is 2.35. The van der Waals surface area contributed by atoms with Gasteiger partial charge in [-0.05, 0) is 45.4 Å². The van der Waals surface area contributed by atoms with E-state index in [1.54, 1.807) is 0 Å². The van der Waals surface area contributed by atoms with Crippen molar-refractivity contribution in [3.8, 4) is 0 Å². The number of nitrogens with zero attached hydrogens (tertiary/aromatic N) is 2. The van der Waals surface area contributed by atoms with Crippen molar-refractivity contribution in [1.29, 1.82) is 0 Å². The average Bonchev–Trinajstić information content (AvgIpc) is 2.63. The quantitative estimate of drug-likeness (QED) is 0.636. The van der Waals surface area contributed by atoms with E-state index in [1.807, 2.05) is 13.8 Å². The summed E-state index contributed by atoms with van der Waals surface area (Å²) in [7, 11) is 2.28. The molecular weight excluding hydrogens is 172 g/mol. The number of fused-ring (bicyclic) bond motifs is 1. The van der Waals surface area contributed by atoms with E-state index in [9.17, 15) is 0 Å². The van der Waals surface area contributed by atoms with Crippen LogP contribution in [0.5, 0.6) is 0 Å². The first-order valence-electron chi connectivity index (χ1n) is 6.24. The van der Waals surface area contributed by atoms with E-state index in [0.717, 1.165) is 12.0 Å². The summed E-state index contributed by atoms with van der Waals surface area (Å²) >= 11 is 0. The molecule has 2 heterocycles. The summed E-state index contributed by atoms with van der Waals surface area (Å²) in [6.45, 7) is 11.5. The molecule has 0 aliphatic carbocycles. The second kappa shape index (κ2) is 5.72. The van der Waals surface area contributed by atoms with Gasteiger partial charge in [-0.15, -0.1) is 0 Å². The lowest BCUT2D eigenvalue weighted by molar-refractivity contribution is 0.129. The van der Waals surface area contributed by atoms with Crippen molar-refractivity contribution in [2.24, 2.45) is 5.92 Å². The summed E-state index contributed by atoms with van der Waals surface area (Å²) in [4.78, 5) is 5.15. The molecule has 2 unspecified atom stereocenters. The molecule has 2 nitrogen and oxygen atoms in total. The zero-order chi connectivity index (χ0) is 10.6. The predicted molar refractivity (Wildman–Crippen MR) is 62.6 cm³/mol. The van der Waals surface area contributed by atoms with Gasteiger partial charge in [0.25, 0.3) is 0 Å². The minimum Gasteiger partial charge on any atom is -0.303 e. The molecule has 0 aromatic carbocycles. The van der Waals surface area contributed by atoms with Crippen LogP contribution in [0.1, 0.15) is 33.6 Å². The molecule has 2 rings (SSSR count). The van der Waals surface area contributed by atoms with Gasteiger partial charge in [-0.3, -0.25) is 0 Å². The minimum atomic E-state index is 0.910. The van der Waals surface area contributed by atoms with Crippen LogP contribution in [0.3, 0.4) is 0 Å². The molecule has 0 saturated carbocycles. The first-order valence-corrected chi connectivity index (χ1v) is 6.24. The molecule has 2 saturated heterocycles. The van der Waals surface area contributed by atoms with E-state index in [1.165, 1.54) is 39.0 Å². The monoisotopic (exact) mass is 198 g/mol. The zero-order valence-electron chi connectivity index (χ0n) is 10.3. The van der Waals surface area contributed by atoms with Crippen molar-refractivity contribution < 1.29 is 0 Å². The summed E-state index contributed by atoms with van der Waals surface area (Å²) in [6, 6.07) is 0.910. The second-order valence-electron chi connectivity index (χ2n) is 4.28. The van der Waals surface area contributed by atoms with Crippen LogP contribution in [0.2, 0.25) is 0 Å². The molecule has 84 valence electrons. The van der Waals surface area contributed by atoms with Crippen molar-refractivity contribution in [2.75, 3.05) is 33.2 Å². The highest BCUT2D eigenvalue weighted by molar-refractivity contribution is 4.90. The van der Waals surface area contributed by atoms with Crippen LogP contribution in [-0.4, -0.2) is 49.1 Å². The lowest BCUT2D eigenvalue weighted by Gasteiger charge is -2.36. The van der Waals surface area contributed by atoms with Crippen LogP contribution in [0.4, 0.5) is 0 Å². The van der Waals surface area contributed by atoms with Crippen molar-refractivity contribution in [1.82, 2.24) is 9.80 Å². The molecule has 0 aromatic heterocycles. The van der Waals surface area contributed by atoms with Gasteiger partial charge in [0, 0.05) is 12.6 Å². The van der Waals surface area contributed by atoms with Gasteiger partial charge in [0.05, 0.1) is 0 Å². The Morgan fingerprint density at radius 1 is 1.14 bits per heavy atom. The molecule has 2 aliphatic heterocycles. The van der Waals surface area contributed by atoms with E-state index in [-0.39, 0.29) is 0 Å². The molecule has 0 aromatic rings. The highest BCUT2D eigenvalue weighted by Crippen LogP contribution is 2.29. The maximum absolute atomic E-state index is 2.60. The maximum atomic E-state index is 2.60. The lowest BCUT2D eigenvalue weighted by Crippen LogP contribution is -2.44. The second-order valence-corrected chi connectivity index (χ2v) is 4.28. The third-order valence-electron chi connectivity index (χ3n) is 3.64. The first kappa shape index (κ1) is 12.0. The summed E-state index contributed by atoms with van der Waals surface area (Å²) < 4.78 is 0. The average molecular weight is 198 g/mol. The summed E-state index contributed by atoms with van der Waals surface area (Å²) in [5, 5.41) is 0. The normalized spacial score (nSPS) is 33.4. The van der Waals surface area contributed by atoms with Crippen LogP contribution in [0, 0.1) is 5.92 Å². The van der Waals surface area contributed by atoms with Gasteiger partial charge in [0.15, 0.2) is 0 Å². The smallest absolute Gasteiger partial charge is 0.0145 e. The summed E-state index contributed by atoms with van der Waals surface area (Å²) in [5.41, 5.74) is 0. The van der Waals surface area contributed by atoms with E-state index in [2.05, 4.69) is 23.8 Å². The molecule has 2 heteroatoms. The topological polar surface area (TPSA) is 6.48 Å². The standard InChI is InChI=1S/C10H20N2.C2H6/c1-3-12-7-5-10-9(8-12)4-6-11(10)2;1-2/h9-10H,3-8H2,1-2H3;1-2H3. The largest absolute Gasteiger partial charge is 0.303 e. The van der Waals surface area contributed by atoms with Crippen LogP contribution in [0.25, 0.3) is 0 Å². The van der Waals surface area contributed by atoms with Crippen molar-refractivity contribution in [3.63, 3.8) is 0 Å². The number of rotatable bonds is 1. The van der Waals surface area contributed by atoms with Crippen LogP contribution in [0.15, 0.2) is 0 Å². The Balaban J connectivity index is 0.000000461. The third kappa shape index (κ3) is 2.48. The molecule has 0 bridgehead atoms. The van der Waals surface area contributed by atoms with Crippen molar-refractivity contribution in [3.05, 3.63) is 0 Å². The lowest BCUT2D eigenvalue weighted by atomic mass is 9.93. The fraction of sp³-hybridized carbons (Fsp3) is 1.00. The summed E-state index contributed by atoms with van der Waals surface area (Å²) in [6.07, 6.45) is 2.83. The Labute approximate surface area is 89.3 Å². The molecule has 0 spiro atoms. The van der Waals surface area contributed by atoms with Crippen molar-refractivity contribution in [2.45, 2.75) is 39.7 Å². The van der Waals surface area contributed by atoms with Gasteiger partial charge in [0.1, 0.15) is 0 Å². The van der Waals surface area contributed by atoms with Crippen LogP contribution in [-0.2, 0) is 0 Å². The Bertz CT molecular complexity index is 158. The Kier molecular flexibility index (Phi) is 4.90. The molecule has 0 N–H and O–H groups in total. The fourth-order valence-electron chi connectivity index (χ4n) is 2.78. The number of piperidine rings is 1. The molecule has 14 heavy (non-hydrogen) atoms. The van der Waals surface area contributed by atoms with E-state index < -0.39 is 0 Å². The predicted octanol–water partition coefficient (Wildman–Crippen LogP) is 2.06. The molecule has 0 amide bonds. The first-order chi connectivity index (χ1) is 6.81. The fourth-order valence-corrected chi connectivity index (χ4v) is 2.78. The van der Waals surface area contributed by atoms with Gasteiger partial charge in [-0.2, -0.15) is 0 Å². The number of hydrogen-bond donors (Lipinski definition) is 0. The zero-order valence-corrected chi connectivity index (χ0v) is 10.3. The Hall–Kier alpha value is -0.0800. The molecular formula is C12H26N2. The minimum absolute atomic E-state index is 0.910. The SMILES string of the molecule is CC.CCN1CCC2C(CCN2C)C1.